The Hall–Kier alpha value is -1.39. The molecule has 4 heteroatoms. The summed E-state index contributed by atoms with van der Waals surface area (Å²) in [4.78, 5) is 14.2. The summed E-state index contributed by atoms with van der Waals surface area (Å²) in [7, 11) is 1.96. The highest BCUT2D eigenvalue weighted by atomic mass is 16.2. The van der Waals surface area contributed by atoms with E-state index >= 15 is 0 Å². The van der Waals surface area contributed by atoms with Crippen LogP contribution in [-0.4, -0.2) is 43.5 Å². The van der Waals surface area contributed by atoms with Gasteiger partial charge in [-0.1, -0.05) is 30.3 Å². The third-order valence-electron chi connectivity index (χ3n) is 3.62. The number of nitrogens with zero attached hydrogens (tertiary/aromatic N) is 1. The Morgan fingerprint density at radius 1 is 1.37 bits per heavy atom. The number of amides is 1. The molecule has 1 aliphatic rings. The van der Waals surface area contributed by atoms with Gasteiger partial charge in [0.15, 0.2) is 0 Å². The fourth-order valence-electron chi connectivity index (χ4n) is 2.61. The number of benzene rings is 1. The predicted molar refractivity (Wildman–Crippen MR) is 76.8 cm³/mol. The minimum absolute atomic E-state index is 0.117. The van der Waals surface area contributed by atoms with Crippen molar-refractivity contribution in [2.75, 3.05) is 26.7 Å². The van der Waals surface area contributed by atoms with Crippen LogP contribution in [0.3, 0.4) is 0 Å². The van der Waals surface area contributed by atoms with Crippen LogP contribution in [0.1, 0.15) is 18.4 Å². The number of hydrogen-bond donors (Lipinski definition) is 2. The highest BCUT2D eigenvalue weighted by molar-refractivity contribution is 5.78. The fourth-order valence-corrected chi connectivity index (χ4v) is 2.61. The second-order valence-electron chi connectivity index (χ2n) is 5.09. The van der Waals surface area contributed by atoms with E-state index in [1.165, 1.54) is 12.8 Å². The van der Waals surface area contributed by atoms with E-state index in [0.717, 1.165) is 18.7 Å². The highest BCUT2D eigenvalue weighted by Crippen LogP contribution is 2.15. The maximum atomic E-state index is 11.9. The zero-order valence-electron chi connectivity index (χ0n) is 11.6. The summed E-state index contributed by atoms with van der Waals surface area (Å²) in [6.07, 6.45) is 2.38. The van der Waals surface area contributed by atoms with Crippen LogP contribution in [0.15, 0.2) is 30.3 Å². The number of carbonyl (C=O) groups is 1. The molecule has 0 aromatic heterocycles. The summed E-state index contributed by atoms with van der Waals surface area (Å²) >= 11 is 0. The molecule has 1 aromatic carbocycles. The first kappa shape index (κ1) is 14.0. The molecular formula is C15H23N3O. The van der Waals surface area contributed by atoms with E-state index in [1.807, 2.05) is 37.4 Å². The number of likely N-dealkylation sites (N-methyl/N-ethyl adjacent to an activating group) is 1. The molecule has 1 fully saturated rings. The molecule has 1 aliphatic heterocycles. The SMILES string of the molecule is CNCC1CCCN1CC(=O)NCc1ccccc1. The van der Waals surface area contributed by atoms with Crippen LogP contribution >= 0.6 is 0 Å². The largest absolute Gasteiger partial charge is 0.351 e. The van der Waals surface area contributed by atoms with Gasteiger partial charge in [-0.15, -0.1) is 0 Å². The molecule has 2 N–H and O–H groups in total. The molecule has 0 saturated carbocycles. The zero-order chi connectivity index (χ0) is 13.5. The Morgan fingerprint density at radius 2 is 2.16 bits per heavy atom. The minimum Gasteiger partial charge on any atom is -0.351 e. The molecule has 2 rings (SSSR count). The standard InChI is InChI=1S/C15H23N3O/c1-16-11-14-8-5-9-18(14)12-15(19)17-10-13-6-3-2-4-7-13/h2-4,6-7,14,16H,5,8-12H2,1H3,(H,17,19). The van der Waals surface area contributed by atoms with Gasteiger partial charge in [0.05, 0.1) is 6.54 Å². The number of hydrogen-bond acceptors (Lipinski definition) is 3. The Bertz CT molecular complexity index is 394. The second-order valence-corrected chi connectivity index (χ2v) is 5.09. The number of rotatable bonds is 6. The second kappa shape index (κ2) is 7.26. The fraction of sp³-hybridized carbons (Fsp3) is 0.533. The lowest BCUT2D eigenvalue weighted by Gasteiger charge is -2.23. The molecule has 0 radical (unpaired) electrons. The molecule has 0 spiro atoms. The Labute approximate surface area is 115 Å². The van der Waals surface area contributed by atoms with E-state index in [9.17, 15) is 4.79 Å². The van der Waals surface area contributed by atoms with Crippen molar-refractivity contribution in [1.29, 1.82) is 0 Å². The molecule has 1 saturated heterocycles. The molecule has 1 heterocycles. The van der Waals surface area contributed by atoms with Crippen LogP contribution in [0.25, 0.3) is 0 Å². The Morgan fingerprint density at radius 3 is 2.89 bits per heavy atom. The Kier molecular flexibility index (Phi) is 5.36. The third kappa shape index (κ3) is 4.33. The van der Waals surface area contributed by atoms with E-state index < -0.39 is 0 Å². The van der Waals surface area contributed by atoms with Crippen molar-refractivity contribution >= 4 is 5.91 Å². The van der Waals surface area contributed by atoms with Crippen molar-refractivity contribution in [3.63, 3.8) is 0 Å². The maximum absolute atomic E-state index is 11.9. The smallest absolute Gasteiger partial charge is 0.234 e. The van der Waals surface area contributed by atoms with Gasteiger partial charge in [0, 0.05) is 19.1 Å². The van der Waals surface area contributed by atoms with E-state index in [0.29, 0.717) is 19.1 Å². The average molecular weight is 261 g/mol. The molecule has 104 valence electrons. The van der Waals surface area contributed by atoms with Gasteiger partial charge in [-0.05, 0) is 32.0 Å². The molecule has 1 atom stereocenters. The molecule has 19 heavy (non-hydrogen) atoms. The minimum atomic E-state index is 0.117. The first-order valence-electron chi connectivity index (χ1n) is 6.99. The van der Waals surface area contributed by atoms with Gasteiger partial charge in [0.1, 0.15) is 0 Å². The lowest BCUT2D eigenvalue weighted by molar-refractivity contribution is -0.122. The van der Waals surface area contributed by atoms with Gasteiger partial charge >= 0.3 is 0 Å². The Balaban J connectivity index is 1.75. The number of nitrogens with one attached hydrogen (secondary N) is 2. The van der Waals surface area contributed by atoms with Gasteiger partial charge < -0.3 is 10.6 Å². The van der Waals surface area contributed by atoms with Gasteiger partial charge in [0.2, 0.25) is 5.91 Å². The molecule has 1 amide bonds. The van der Waals surface area contributed by atoms with Crippen LogP contribution < -0.4 is 10.6 Å². The van der Waals surface area contributed by atoms with Crippen molar-refractivity contribution < 1.29 is 4.79 Å². The van der Waals surface area contributed by atoms with Crippen LogP contribution in [0, 0.1) is 0 Å². The molecule has 4 nitrogen and oxygen atoms in total. The summed E-state index contributed by atoms with van der Waals surface area (Å²) in [6, 6.07) is 10.5. The lowest BCUT2D eigenvalue weighted by atomic mass is 10.2. The summed E-state index contributed by atoms with van der Waals surface area (Å²) in [5, 5.41) is 6.18. The zero-order valence-corrected chi connectivity index (χ0v) is 11.6. The average Bonchev–Trinajstić information content (AvgIpc) is 2.85. The summed E-state index contributed by atoms with van der Waals surface area (Å²) in [6.45, 7) is 3.13. The quantitative estimate of drug-likeness (QED) is 0.802. The van der Waals surface area contributed by atoms with Crippen molar-refractivity contribution in [3.05, 3.63) is 35.9 Å². The van der Waals surface area contributed by atoms with Gasteiger partial charge in [-0.2, -0.15) is 0 Å². The summed E-state index contributed by atoms with van der Waals surface area (Å²) in [5.41, 5.74) is 1.14. The van der Waals surface area contributed by atoms with Crippen molar-refractivity contribution in [2.24, 2.45) is 0 Å². The van der Waals surface area contributed by atoms with Crippen molar-refractivity contribution in [2.45, 2.75) is 25.4 Å². The summed E-state index contributed by atoms with van der Waals surface area (Å²) < 4.78 is 0. The van der Waals surface area contributed by atoms with Gasteiger partial charge in [-0.25, -0.2) is 0 Å². The summed E-state index contributed by atoms with van der Waals surface area (Å²) in [5.74, 6) is 0.117. The van der Waals surface area contributed by atoms with Crippen molar-refractivity contribution in [1.82, 2.24) is 15.5 Å². The number of likely N-dealkylation sites (tertiary alicyclic amines) is 1. The molecule has 0 aliphatic carbocycles. The van der Waals surface area contributed by atoms with Gasteiger partial charge in [0.25, 0.3) is 0 Å². The van der Waals surface area contributed by atoms with Gasteiger partial charge in [-0.3, -0.25) is 9.69 Å². The van der Waals surface area contributed by atoms with E-state index in [2.05, 4.69) is 15.5 Å². The lowest BCUT2D eigenvalue weighted by Crippen LogP contribution is -2.43. The highest BCUT2D eigenvalue weighted by Gasteiger charge is 2.25. The number of carbonyl (C=O) groups excluding carboxylic acids is 1. The molecular weight excluding hydrogens is 238 g/mol. The predicted octanol–water partition coefficient (Wildman–Crippen LogP) is 0.987. The van der Waals surface area contributed by atoms with E-state index in [1.54, 1.807) is 0 Å². The van der Waals surface area contributed by atoms with Crippen LogP contribution in [0.5, 0.6) is 0 Å². The molecule has 1 unspecified atom stereocenters. The normalized spacial score (nSPS) is 19.5. The first-order chi connectivity index (χ1) is 9.29. The molecule has 0 bridgehead atoms. The molecule has 1 aromatic rings. The maximum Gasteiger partial charge on any atom is 0.234 e. The topological polar surface area (TPSA) is 44.4 Å². The van der Waals surface area contributed by atoms with Crippen LogP contribution in [0.2, 0.25) is 0 Å². The van der Waals surface area contributed by atoms with E-state index in [4.69, 9.17) is 0 Å². The van der Waals surface area contributed by atoms with Crippen LogP contribution in [0.4, 0.5) is 0 Å². The monoisotopic (exact) mass is 261 g/mol. The van der Waals surface area contributed by atoms with Crippen molar-refractivity contribution in [3.8, 4) is 0 Å². The van der Waals surface area contributed by atoms with Crippen LogP contribution in [-0.2, 0) is 11.3 Å². The first-order valence-corrected chi connectivity index (χ1v) is 6.99. The third-order valence-corrected chi connectivity index (χ3v) is 3.62. The van der Waals surface area contributed by atoms with E-state index in [-0.39, 0.29) is 5.91 Å².